The van der Waals surface area contributed by atoms with Crippen LogP contribution in [0.2, 0.25) is 0 Å². The van der Waals surface area contributed by atoms with Gasteiger partial charge in [-0.15, -0.1) is 0 Å². The van der Waals surface area contributed by atoms with Crippen molar-refractivity contribution in [2.24, 2.45) is 5.10 Å². The molecule has 0 unspecified atom stereocenters. The average molecular weight is 300 g/mol. The molecule has 1 aromatic carbocycles. The molecule has 7 nitrogen and oxygen atoms in total. The molecule has 22 heavy (non-hydrogen) atoms. The predicted molar refractivity (Wildman–Crippen MR) is 82.9 cm³/mol. The van der Waals surface area contributed by atoms with Crippen molar-refractivity contribution in [1.82, 2.24) is 9.97 Å². The molecular formula is C15H16N4O3. The number of nitrogens with zero attached hydrogens (tertiary/aromatic N) is 2. The van der Waals surface area contributed by atoms with Crippen molar-refractivity contribution in [1.29, 1.82) is 0 Å². The smallest absolute Gasteiger partial charge is 0.252 e. The van der Waals surface area contributed by atoms with Gasteiger partial charge in [-0.3, -0.25) is 9.78 Å². The minimum Gasteiger partial charge on any atom is -0.486 e. The average Bonchev–Trinajstić information content (AvgIpc) is 2.51. The lowest BCUT2D eigenvalue weighted by atomic mass is 10.1. The van der Waals surface area contributed by atoms with Crippen LogP contribution in [0.5, 0.6) is 11.5 Å². The molecule has 0 bridgehead atoms. The number of ether oxygens (including phenoxy) is 2. The van der Waals surface area contributed by atoms with Gasteiger partial charge in [-0.1, -0.05) is 0 Å². The number of hydrazone groups is 1. The van der Waals surface area contributed by atoms with E-state index in [9.17, 15) is 4.79 Å². The first-order chi connectivity index (χ1) is 10.6. The zero-order valence-electron chi connectivity index (χ0n) is 12.3. The molecule has 0 saturated heterocycles. The molecule has 0 atom stereocenters. The Morgan fingerprint density at radius 1 is 1.27 bits per heavy atom. The van der Waals surface area contributed by atoms with E-state index >= 15 is 0 Å². The normalized spacial score (nSPS) is 13.8. The van der Waals surface area contributed by atoms with Gasteiger partial charge in [0.05, 0.1) is 5.71 Å². The highest BCUT2D eigenvalue weighted by Crippen LogP contribution is 2.30. The van der Waals surface area contributed by atoms with Crippen LogP contribution >= 0.6 is 0 Å². The van der Waals surface area contributed by atoms with Gasteiger partial charge in [0.2, 0.25) is 5.95 Å². The Hall–Kier alpha value is -2.83. The molecule has 1 aliphatic heterocycles. The Balaban J connectivity index is 1.80. The SMILES string of the molecule is C/C(=N\Nc1nc(C)cc(=O)[nH]1)c1ccc2c(c1)OCCO2. The fraction of sp³-hybridized carbons (Fsp3) is 0.267. The number of aryl methyl sites for hydroxylation is 1. The van der Waals surface area contributed by atoms with Crippen molar-refractivity contribution in [2.45, 2.75) is 13.8 Å². The van der Waals surface area contributed by atoms with E-state index < -0.39 is 0 Å². The van der Waals surface area contributed by atoms with Crippen molar-refractivity contribution in [3.8, 4) is 11.5 Å². The van der Waals surface area contributed by atoms with Gasteiger partial charge in [0.25, 0.3) is 5.56 Å². The van der Waals surface area contributed by atoms with E-state index in [0.717, 1.165) is 17.0 Å². The van der Waals surface area contributed by atoms with Gasteiger partial charge >= 0.3 is 0 Å². The van der Waals surface area contributed by atoms with Crippen molar-refractivity contribution < 1.29 is 9.47 Å². The summed E-state index contributed by atoms with van der Waals surface area (Å²) >= 11 is 0. The Morgan fingerprint density at radius 3 is 2.82 bits per heavy atom. The summed E-state index contributed by atoms with van der Waals surface area (Å²) in [6, 6.07) is 7.06. The van der Waals surface area contributed by atoms with Crippen LogP contribution < -0.4 is 20.5 Å². The number of aromatic nitrogens is 2. The van der Waals surface area contributed by atoms with Crippen LogP contribution in [0.25, 0.3) is 0 Å². The monoisotopic (exact) mass is 300 g/mol. The van der Waals surface area contributed by atoms with Gasteiger partial charge in [-0.25, -0.2) is 10.4 Å². The summed E-state index contributed by atoms with van der Waals surface area (Å²) in [6.45, 7) is 4.71. The van der Waals surface area contributed by atoms with Gasteiger partial charge in [0, 0.05) is 17.3 Å². The Labute approximate surface area is 127 Å². The minimum absolute atomic E-state index is 0.220. The molecule has 0 saturated carbocycles. The predicted octanol–water partition coefficient (Wildman–Crippen LogP) is 1.69. The van der Waals surface area contributed by atoms with Crippen molar-refractivity contribution in [3.63, 3.8) is 0 Å². The van der Waals surface area contributed by atoms with Gasteiger partial charge < -0.3 is 9.47 Å². The molecule has 2 aromatic rings. The van der Waals surface area contributed by atoms with E-state index in [0.29, 0.717) is 30.6 Å². The van der Waals surface area contributed by atoms with Crippen LogP contribution in [-0.4, -0.2) is 28.9 Å². The third-order valence-electron chi connectivity index (χ3n) is 3.16. The largest absolute Gasteiger partial charge is 0.486 e. The first-order valence-electron chi connectivity index (χ1n) is 6.90. The molecule has 2 heterocycles. The van der Waals surface area contributed by atoms with Crippen molar-refractivity contribution >= 4 is 11.7 Å². The highest BCUT2D eigenvalue weighted by molar-refractivity contribution is 5.99. The fourth-order valence-electron chi connectivity index (χ4n) is 2.10. The van der Waals surface area contributed by atoms with Crippen LogP contribution in [0.4, 0.5) is 5.95 Å². The van der Waals surface area contributed by atoms with Crippen LogP contribution in [0, 0.1) is 6.92 Å². The van der Waals surface area contributed by atoms with Crippen LogP contribution in [-0.2, 0) is 0 Å². The summed E-state index contributed by atoms with van der Waals surface area (Å²) < 4.78 is 11.0. The van der Waals surface area contributed by atoms with Crippen LogP contribution in [0.3, 0.4) is 0 Å². The van der Waals surface area contributed by atoms with Gasteiger partial charge in [-0.2, -0.15) is 5.10 Å². The molecule has 3 rings (SSSR count). The van der Waals surface area contributed by atoms with Crippen molar-refractivity contribution in [3.05, 3.63) is 45.9 Å². The Morgan fingerprint density at radius 2 is 2.05 bits per heavy atom. The van der Waals surface area contributed by atoms with Gasteiger partial charge in [-0.05, 0) is 32.0 Å². The molecule has 7 heteroatoms. The first-order valence-corrected chi connectivity index (χ1v) is 6.90. The Kier molecular flexibility index (Phi) is 3.78. The standard InChI is InChI=1S/C15H16N4O3/c1-9-7-14(20)17-15(16-9)19-18-10(2)11-3-4-12-13(8-11)22-6-5-21-12/h3-4,7-8H,5-6H2,1-2H3,(H2,16,17,19,20)/b18-10+. The highest BCUT2D eigenvalue weighted by Gasteiger charge is 2.12. The lowest BCUT2D eigenvalue weighted by Crippen LogP contribution is -2.15. The van der Waals surface area contributed by atoms with Gasteiger partial charge in [0.1, 0.15) is 13.2 Å². The zero-order chi connectivity index (χ0) is 15.5. The maximum atomic E-state index is 11.4. The number of anilines is 1. The first kappa shape index (κ1) is 14.1. The molecule has 114 valence electrons. The second-order valence-electron chi connectivity index (χ2n) is 4.90. The summed E-state index contributed by atoms with van der Waals surface area (Å²) in [5.41, 5.74) is 4.79. The molecule has 0 aliphatic carbocycles. The van der Waals surface area contributed by atoms with E-state index in [1.165, 1.54) is 6.07 Å². The number of nitrogens with one attached hydrogen (secondary N) is 2. The molecule has 1 aromatic heterocycles. The molecule has 0 amide bonds. The summed E-state index contributed by atoms with van der Waals surface area (Å²) in [5.74, 6) is 1.75. The quantitative estimate of drug-likeness (QED) is 0.665. The number of hydrogen-bond acceptors (Lipinski definition) is 6. The van der Waals surface area contributed by atoms with Crippen molar-refractivity contribution in [2.75, 3.05) is 18.6 Å². The lowest BCUT2D eigenvalue weighted by Gasteiger charge is -2.18. The highest BCUT2D eigenvalue weighted by atomic mass is 16.6. The lowest BCUT2D eigenvalue weighted by molar-refractivity contribution is 0.171. The second-order valence-corrected chi connectivity index (χ2v) is 4.90. The summed E-state index contributed by atoms with van der Waals surface area (Å²) in [6.07, 6.45) is 0. The molecule has 0 spiro atoms. The van der Waals surface area contributed by atoms with E-state index in [1.54, 1.807) is 6.92 Å². The van der Waals surface area contributed by atoms with E-state index in [-0.39, 0.29) is 5.56 Å². The number of H-pyrrole nitrogens is 1. The topological polar surface area (TPSA) is 88.6 Å². The fourth-order valence-corrected chi connectivity index (χ4v) is 2.10. The number of rotatable bonds is 3. The van der Waals surface area contributed by atoms with E-state index in [4.69, 9.17) is 9.47 Å². The van der Waals surface area contributed by atoms with E-state index in [2.05, 4.69) is 20.5 Å². The molecule has 0 fully saturated rings. The number of benzene rings is 1. The third-order valence-corrected chi connectivity index (χ3v) is 3.16. The minimum atomic E-state index is -0.220. The third kappa shape index (κ3) is 3.08. The number of fused-ring (bicyclic) bond motifs is 1. The molecule has 1 aliphatic rings. The number of hydrogen-bond donors (Lipinski definition) is 2. The molecule has 2 N–H and O–H groups in total. The summed E-state index contributed by atoms with van der Waals surface area (Å²) in [7, 11) is 0. The molecular weight excluding hydrogens is 284 g/mol. The summed E-state index contributed by atoms with van der Waals surface area (Å²) in [4.78, 5) is 18.1. The number of aromatic amines is 1. The van der Waals surface area contributed by atoms with E-state index in [1.807, 2.05) is 25.1 Å². The van der Waals surface area contributed by atoms with Crippen LogP contribution in [0.1, 0.15) is 18.2 Å². The molecule has 0 radical (unpaired) electrons. The summed E-state index contributed by atoms with van der Waals surface area (Å²) in [5, 5.41) is 4.23. The van der Waals surface area contributed by atoms with Crippen LogP contribution in [0.15, 0.2) is 34.2 Å². The maximum Gasteiger partial charge on any atom is 0.252 e. The second kappa shape index (κ2) is 5.88. The maximum absolute atomic E-state index is 11.4. The van der Waals surface area contributed by atoms with Gasteiger partial charge in [0.15, 0.2) is 11.5 Å². The zero-order valence-corrected chi connectivity index (χ0v) is 12.3. The Bertz CT molecular complexity index is 783.